The first-order chi connectivity index (χ1) is 14.9. The Morgan fingerprint density at radius 2 is 1.78 bits per heavy atom. The third kappa shape index (κ3) is 6.13. The molecular weight excluding hydrogens is 408 g/mol. The summed E-state index contributed by atoms with van der Waals surface area (Å²) in [5.74, 6) is -0.287. The molecule has 0 aromatic carbocycles. The van der Waals surface area contributed by atoms with E-state index in [4.69, 9.17) is 4.74 Å². The molecule has 3 heterocycles. The highest BCUT2D eigenvalue weighted by Gasteiger charge is 2.21. The summed E-state index contributed by atoms with van der Waals surface area (Å²) < 4.78 is 6.88. The van der Waals surface area contributed by atoms with E-state index in [0.717, 1.165) is 0 Å². The molecular formula is C23H28N6O3. The van der Waals surface area contributed by atoms with Gasteiger partial charge in [-0.05, 0) is 71.9 Å². The van der Waals surface area contributed by atoms with Gasteiger partial charge in [-0.25, -0.2) is 9.48 Å². The number of aromatic nitrogens is 4. The molecule has 168 valence electrons. The van der Waals surface area contributed by atoms with Crippen molar-refractivity contribution in [3.63, 3.8) is 0 Å². The maximum absolute atomic E-state index is 12.7. The number of nitrogens with zero attached hydrogens (tertiary/aromatic N) is 4. The summed E-state index contributed by atoms with van der Waals surface area (Å²) in [6.07, 6.45) is 4.28. The Labute approximate surface area is 187 Å². The van der Waals surface area contributed by atoms with Gasteiger partial charge in [0.15, 0.2) is 5.69 Å². The molecule has 0 fully saturated rings. The maximum Gasteiger partial charge on any atom is 0.412 e. The molecule has 0 saturated heterocycles. The molecule has 0 radical (unpaired) electrons. The number of rotatable bonds is 4. The fraction of sp³-hybridized carbons (Fsp3) is 0.348. The van der Waals surface area contributed by atoms with Crippen molar-refractivity contribution in [2.45, 2.75) is 52.7 Å². The van der Waals surface area contributed by atoms with Crippen LogP contribution in [0.1, 0.15) is 52.0 Å². The van der Waals surface area contributed by atoms with E-state index in [1.54, 1.807) is 62.1 Å². The van der Waals surface area contributed by atoms with E-state index in [9.17, 15) is 9.59 Å². The molecule has 0 atom stereocenters. The molecule has 9 nitrogen and oxygen atoms in total. The van der Waals surface area contributed by atoms with Gasteiger partial charge in [0.25, 0.3) is 5.91 Å². The van der Waals surface area contributed by atoms with E-state index >= 15 is 0 Å². The summed E-state index contributed by atoms with van der Waals surface area (Å²) in [6.45, 7) is 11.1. The summed E-state index contributed by atoms with van der Waals surface area (Å²) in [4.78, 5) is 33.3. The van der Waals surface area contributed by atoms with Crippen LogP contribution in [0.2, 0.25) is 0 Å². The monoisotopic (exact) mass is 436 g/mol. The van der Waals surface area contributed by atoms with Gasteiger partial charge in [0.2, 0.25) is 0 Å². The number of anilines is 1. The minimum atomic E-state index is -0.600. The van der Waals surface area contributed by atoms with E-state index in [2.05, 4.69) is 25.7 Å². The number of amides is 2. The van der Waals surface area contributed by atoms with Gasteiger partial charge in [0, 0.05) is 11.7 Å². The van der Waals surface area contributed by atoms with E-state index < -0.39 is 17.2 Å². The lowest BCUT2D eigenvalue weighted by molar-refractivity contribution is 0.0635. The molecule has 3 rings (SSSR count). The molecule has 3 aromatic rings. The van der Waals surface area contributed by atoms with Crippen molar-refractivity contribution < 1.29 is 14.3 Å². The second-order valence-electron chi connectivity index (χ2n) is 9.30. The first-order valence-electron chi connectivity index (χ1n) is 10.2. The van der Waals surface area contributed by atoms with Crippen LogP contribution in [0.25, 0.3) is 17.1 Å². The van der Waals surface area contributed by atoms with Crippen LogP contribution in [0.15, 0.2) is 48.9 Å². The van der Waals surface area contributed by atoms with Crippen LogP contribution in [0.4, 0.5) is 10.5 Å². The summed E-state index contributed by atoms with van der Waals surface area (Å²) in [6, 6.07) is 8.76. The number of ether oxygens (including phenoxy) is 1. The molecule has 2 N–H and O–H groups in total. The Kier molecular flexibility index (Phi) is 6.29. The SMILES string of the molecule is CC(C)(C)NC(=O)c1cc(-c2ccc(NC(=O)OC(C)(C)C)cn2)n(-c2cccnc2)n1. The minimum Gasteiger partial charge on any atom is -0.444 e. The average molecular weight is 437 g/mol. The third-order valence-electron chi connectivity index (χ3n) is 3.99. The largest absolute Gasteiger partial charge is 0.444 e. The van der Waals surface area contributed by atoms with Crippen molar-refractivity contribution in [2.75, 3.05) is 5.32 Å². The standard InChI is InChI=1S/C23H28N6O3/c1-22(2,3)27-20(30)18-12-19(29(28-18)16-8-7-11-24-14-16)17-10-9-15(13-25-17)26-21(31)32-23(4,5)6/h7-14H,1-6H3,(H,26,31)(H,27,30). The highest BCUT2D eigenvalue weighted by molar-refractivity contribution is 5.94. The predicted octanol–water partition coefficient (Wildman–Crippen LogP) is 4.20. The lowest BCUT2D eigenvalue weighted by atomic mass is 10.1. The summed E-state index contributed by atoms with van der Waals surface area (Å²) >= 11 is 0. The zero-order chi connectivity index (χ0) is 23.5. The molecule has 2 amide bonds. The number of nitrogens with one attached hydrogen (secondary N) is 2. The fourth-order valence-electron chi connectivity index (χ4n) is 2.80. The number of carbonyl (C=O) groups is 2. The molecule has 0 bridgehead atoms. The van der Waals surface area contributed by atoms with Crippen LogP contribution in [0.3, 0.4) is 0 Å². The first-order valence-corrected chi connectivity index (χ1v) is 10.2. The van der Waals surface area contributed by atoms with Gasteiger partial charge in [-0.1, -0.05) is 0 Å². The fourth-order valence-corrected chi connectivity index (χ4v) is 2.80. The van der Waals surface area contributed by atoms with Crippen molar-refractivity contribution in [2.24, 2.45) is 0 Å². The zero-order valence-electron chi connectivity index (χ0n) is 19.1. The van der Waals surface area contributed by atoms with Crippen LogP contribution in [0, 0.1) is 0 Å². The summed E-state index contributed by atoms with van der Waals surface area (Å²) in [5, 5.41) is 10.1. The van der Waals surface area contributed by atoms with Gasteiger partial charge in [-0.2, -0.15) is 5.10 Å². The summed E-state index contributed by atoms with van der Waals surface area (Å²) in [7, 11) is 0. The van der Waals surface area contributed by atoms with Gasteiger partial charge >= 0.3 is 6.09 Å². The van der Waals surface area contributed by atoms with Crippen LogP contribution >= 0.6 is 0 Å². The second kappa shape index (κ2) is 8.78. The Morgan fingerprint density at radius 3 is 2.34 bits per heavy atom. The molecule has 3 aromatic heterocycles. The Morgan fingerprint density at radius 1 is 1.03 bits per heavy atom. The number of hydrogen-bond acceptors (Lipinski definition) is 6. The van der Waals surface area contributed by atoms with Gasteiger partial charge in [-0.3, -0.25) is 20.1 Å². The van der Waals surface area contributed by atoms with Gasteiger partial charge < -0.3 is 10.1 Å². The molecule has 0 unspecified atom stereocenters. The van der Waals surface area contributed by atoms with Crippen molar-refractivity contribution in [1.82, 2.24) is 25.1 Å². The second-order valence-corrected chi connectivity index (χ2v) is 9.30. The highest BCUT2D eigenvalue weighted by Crippen LogP contribution is 2.24. The summed E-state index contributed by atoms with van der Waals surface area (Å²) in [5.41, 5.74) is 1.62. The Balaban J connectivity index is 1.92. The van der Waals surface area contributed by atoms with Crippen molar-refractivity contribution >= 4 is 17.7 Å². The predicted molar refractivity (Wildman–Crippen MR) is 122 cm³/mol. The van der Waals surface area contributed by atoms with Gasteiger partial charge in [0.05, 0.1) is 35.2 Å². The molecule has 32 heavy (non-hydrogen) atoms. The quantitative estimate of drug-likeness (QED) is 0.634. The zero-order valence-corrected chi connectivity index (χ0v) is 19.1. The smallest absolute Gasteiger partial charge is 0.412 e. The molecule has 0 aliphatic carbocycles. The van der Waals surface area contributed by atoms with Crippen LogP contribution < -0.4 is 10.6 Å². The third-order valence-corrected chi connectivity index (χ3v) is 3.99. The van der Waals surface area contributed by atoms with Crippen LogP contribution in [0.5, 0.6) is 0 Å². The Bertz CT molecular complexity index is 1090. The van der Waals surface area contributed by atoms with Gasteiger partial charge in [-0.15, -0.1) is 0 Å². The molecule has 9 heteroatoms. The molecule has 0 aliphatic rings. The van der Waals surface area contributed by atoms with Crippen LogP contribution in [-0.4, -0.2) is 42.9 Å². The lowest BCUT2D eigenvalue weighted by Gasteiger charge is -2.19. The number of hydrogen-bond donors (Lipinski definition) is 2. The molecule has 0 saturated carbocycles. The van der Waals surface area contributed by atoms with Crippen molar-refractivity contribution in [3.8, 4) is 17.1 Å². The van der Waals surface area contributed by atoms with Crippen LogP contribution in [-0.2, 0) is 4.74 Å². The number of pyridine rings is 2. The van der Waals surface area contributed by atoms with E-state index in [0.29, 0.717) is 22.8 Å². The lowest BCUT2D eigenvalue weighted by Crippen LogP contribution is -2.40. The minimum absolute atomic E-state index is 0.261. The van der Waals surface area contributed by atoms with E-state index in [-0.39, 0.29) is 11.6 Å². The average Bonchev–Trinajstić information content (AvgIpc) is 3.12. The van der Waals surface area contributed by atoms with Gasteiger partial charge in [0.1, 0.15) is 5.60 Å². The van der Waals surface area contributed by atoms with E-state index in [1.807, 2.05) is 26.8 Å². The normalized spacial score (nSPS) is 11.7. The van der Waals surface area contributed by atoms with Crippen molar-refractivity contribution in [1.29, 1.82) is 0 Å². The topological polar surface area (TPSA) is 111 Å². The maximum atomic E-state index is 12.7. The highest BCUT2D eigenvalue weighted by atomic mass is 16.6. The van der Waals surface area contributed by atoms with Crippen molar-refractivity contribution in [3.05, 3.63) is 54.6 Å². The molecule has 0 aliphatic heterocycles. The Hall–Kier alpha value is -3.75. The molecule has 0 spiro atoms. The number of carbonyl (C=O) groups excluding carboxylic acids is 2. The van der Waals surface area contributed by atoms with E-state index in [1.165, 1.54) is 6.20 Å². The first kappa shape index (κ1) is 22.9.